The van der Waals surface area contributed by atoms with Gasteiger partial charge in [0, 0.05) is 11.1 Å². The van der Waals surface area contributed by atoms with Gasteiger partial charge in [0.15, 0.2) is 5.78 Å². The summed E-state index contributed by atoms with van der Waals surface area (Å²) in [5, 5.41) is 4.14. The van der Waals surface area contributed by atoms with Gasteiger partial charge in [-0.3, -0.25) is 9.59 Å². The maximum Gasteiger partial charge on any atom is 0.265 e. The van der Waals surface area contributed by atoms with Gasteiger partial charge in [0.25, 0.3) is 21.6 Å². The first-order valence-electron chi connectivity index (χ1n) is 7.18. The van der Waals surface area contributed by atoms with Gasteiger partial charge in [-0.1, -0.05) is 17.3 Å². The van der Waals surface area contributed by atoms with Gasteiger partial charge in [0.05, 0.1) is 17.3 Å². The number of pyridine rings is 1. The van der Waals surface area contributed by atoms with Crippen LogP contribution >= 0.6 is 0 Å². The van der Waals surface area contributed by atoms with Gasteiger partial charge >= 0.3 is 0 Å². The molecule has 2 aromatic heterocycles. The topological polar surface area (TPSA) is 119 Å². The Labute approximate surface area is 142 Å². The molecule has 25 heavy (non-hydrogen) atoms. The molecular formula is C16H13N3O5S. The van der Waals surface area contributed by atoms with Gasteiger partial charge in [-0.05, 0) is 32.0 Å². The largest absolute Gasteiger partial charge is 0.336 e. The highest BCUT2D eigenvalue weighted by Gasteiger charge is 2.21. The molecule has 0 aliphatic rings. The number of benzene rings is 1. The lowest BCUT2D eigenvalue weighted by Gasteiger charge is -2.07. The second-order valence-electron chi connectivity index (χ2n) is 5.36. The predicted octanol–water partition coefficient (Wildman–Crippen LogP) is 1.85. The Kier molecular flexibility index (Phi) is 4.09. The summed E-state index contributed by atoms with van der Waals surface area (Å²) >= 11 is 0. The first-order valence-corrected chi connectivity index (χ1v) is 8.66. The number of Topliss-reactive ketones (excluding diaryl/α,β-unsaturated/α-hetero) is 1. The van der Waals surface area contributed by atoms with Crippen molar-refractivity contribution < 1.29 is 22.5 Å². The average molecular weight is 359 g/mol. The predicted molar refractivity (Wildman–Crippen MR) is 87.6 cm³/mol. The summed E-state index contributed by atoms with van der Waals surface area (Å²) in [5.74, 6) is -1.07. The summed E-state index contributed by atoms with van der Waals surface area (Å²) < 4.78 is 31.7. The summed E-state index contributed by atoms with van der Waals surface area (Å²) in [6.45, 7) is 3.01. The van der Waals surface area contributed by atoms with E-state index < -0.39 is 15.9 Å². The van der Waals surface area contributed by atoms with Crippen LogP contribution in [0.25, 0.3) is 11.1 Å². The van der Waals surface area contributed by atoms with Gasteiger partial charge < -0.3 is 4.52 Å². The van der Waals surface area contributed by atoms with Crippen LogP contribution in [-0.2, 0) is 10.0 Å². The zero-order valence-electron chi connectivity index (χ0n) is 13.3. The van der Waals surface area contributed by atoms with E-state index in [0.717, 1.165) is 6.20 Å². The first kappa shape index (κ1) is 16.8. The maximum atomic E-state index is 12.4. The van der Waals surface area contributed by atoms with Gasteiger partial charge in [0.2, 0.25) is 0 Å². The van der Waals surface area contributed by atoms with E-state index in [4.69, 9.17) is 4.52 Å². The molecular weight excluding hydrogens is 346 g/mol. The number of hydrogen-bond donors (Lipinski definition) is 1. The third kappa shape index (κ3) is 3.26. The van der Waals surface area contributed by atoms with Crippen LogP contribution in [0.5, 0.6) is 0 Å². The number of ketones is 1. The van der Waals surface area contributed by atoms with Gasteiger partial charge in [-0.25, -0.2) is 18.1 Å². The molecule has 8 nitrogen and oxygen atoms in total. The Hall–Kier alpha value is -3.07. The quantitative estimate of drug-likeness (QED) is 0.706. The van der Waals surface area contributed by atoms with E-state index in [1.54, 1.807) is 13.0 Å². The third-order valence-electron chi connectivity index (χ3n) is 3.55. The van der Waals surface area contributed by atoms with Crippen LogP contribution in [0, 0.1) is 6.92 Å². The van der Waals surface area contributed by atoms with Crippen LogP contribution in [0.2, 0.25) is 0 Å². The van der Waals surface area contributed by atoms with E-state index in [2.05, 4.69) is 10.1 Å². The van der Waals surface area contributed by atoms with E-state index in [0.29, 0.717) is 16.6 Å². The molecule has 0 atom stereocenters. The number of sulfonamides is 1. The Bertz CT molecular complexity index is 1100. The van der Waals surface area contributed by atoms with Crippen molar-refractivity contribution >= 4 is 32.8 Å². The molecule has 0 fully saturated rings. The Morgan fingerprint density at radius 3 is 2.60 bits per heavy atom. The summed E-state index contributed by atoms with van der Waals surface area (Å²) in [4.78, 5) is 27.3. The first-order chi connectivity index (χ1) is 11.8. The zero-order valence-corrected chi connectivity index (χ0v) is 14.1. The normalized spacial score (nSPS) is 11.4. The van der Waals surface area contributed by atoms with Crippen LogP contribution in [0.1, 0.15) is 33.3 Å². The van der Waals surface area contributed by atoms with Crippen molar-refractivity contribution in [3.63, 3.8) is 0 Å². The van der Waals surface area contributed by atoms with Crippen LogP contribution in [0.3, 0.4) is 0 Å². The second-order valence-corrected chi connectivity index (χ2v) is 7.05. The molecule has 2 heterocycles. The molecule has 0 saturated heterocycles. The van der Waals surface area contributed by atoms with E-state index in [-0.39, 0.29) is 22.0 Å². The van der Waals surface area contributed by atoms with Crippen LogP contribution in [0.4, 0.5) is 0 Å². The Morgan fingerprint density at radius 2 is 1.88 bits per heavy atom. The van der Waals surface area contributed by atoms with Crippen molar-refractivity contribution in [2.24, 2.45) is 0 Å². The highest BCUT2D eigenvalue weighted by atomic mass is 32.2. The molecule has 3 rings (SSSR count). The standard InChI is InChI=1S/C16H13N3O5S/c1-9-14-7-13(8-17-16(14)24-18-9)25(22,23)19-15(21)12-5-3-4-11(6-12)10(2)20/h3-8H,1-2H3,(H,19,21). The lowest BCUT2D eigenvalue weighted by Crippen LogP contribution is -2.30. The minimum absolute atomic E-state index is 0.0615. The molecule has 3 aromatic rings. The van der Waals surface area contributed by atoms with Gasteiger partial charge in [-0.2, -0.15) is 0 Å². The van der Waals surface area contributed by atoms with Crippen molar-refractivity contribution in [2.75, 3.05) is 0 Å². The number of hydrogen-bond acceptors (Lipinski definition) is 7. The number of aryl methyl sites for hydroxylation is 1. The lowest BCUT2D eigenvalue weighted by atomic mass is 10.1. The number of nitrogens with zero attached hydrogens (tertiary/aromatic N) is 2. The summed E-state index contributed by atoms with van der Waals surface area (Å²) in [6.07, 6.45) is 1.08. The second kappa shape index (κ2) is 6.10. The number of aromatic nitrogens is 2. The number of nitrogens with one attached hydrogen (secondary N) is 1. The Morgan fingerprint density at radius 1 is 1.16 bits per heavy atom. The molecule has 1 aromatic carbocycles. The SMILES string of the molecule is CC(=O)c1cccc(C(=O)NS(=O)(=O)c2cnc3onc(C)c3c2)c1. The van der Waals surface area contributed by atoms with Crippen molar-refractivity contribution in [3.8, 4) is 0 Å². The third-order valence-corrected chi connectivity index (χ3v) is 4.85. The van der Waals surface area contributed by atoms with E-state index in [1.165, 1.54) is 31.2 Å². The number of carbonyl (C=O) groups excluding carboxylic acids is 2. The number of fused-ring (bicyclic) bond motifs is 1. The molecule has 0 unspecified atom stereocenters. The smallest absolute Gasteiger partial charge is 0.265 e. The molecule has 0 aliphatic carbocycles. The van der Waals surface area contributed by atoms with Crippen molar-refractivity contribution in [3.05, 3.63) is 53.3 Å². The minimum Gasteiger partial charge on any atom is -0.336 e. The molecule has 128 valence electrons. The molecule has 9 heteroatoms. The summed E-state index contributed by atoms with van der Waals surface area (Å²) in [6, 6.07) is 7.13. The summed E-state index contributed by atoms with van der Waals surface area (Å²) in [5.41, 5.74) is 1.07. The molecule has 0 radical (unpaired) electrons. The average Bonchev–Trinajstić information content (AvgIpc) is 2.95. The molecule has 0 spiro atoms. The fourth-order valence-corrected chi connectivity index (χ4v) is 3.14. The van der Waals surface area contributed by atoms with E-state index >= 15 is 0 Å². The lowest BCUT2D eigenvalue weighted by molar-refractivity contribution is 0.0981. The van der Waals surface area contributed by atoms with Crippen LogP contribution < -0.4 is 4.72 Å². The monoisotopic (exact) mass is 359 g/mol. The number of carbonyl (C=O) groups is 2. The van der Waals surface area contributed by atoms with Crippen LogP contribution in [0.15, 0.2) is 45.9 Å². The molecule has 0 aliphatic heterocycles. The fourth-order valence-electron chi connectivity index (χ4n) is 2.19. The van der Waals surface area contributed by atoms with Gasteiger partial charge in [-0.15, -0.1) is 0 Å². The number of rotatable bonds is 4. The van der Waals surface area contributed by atoms with E-state index in [9.17, 15) is 18.0 Å². The molecule has 1 amide bonds. The van der Waals surface area contributed by atoms with Crippen molar-refractivity contribution in [1.29, 1.82) is 0 Å². The minimum atomic E-state index is -4.14. The molecule has 0 bridgehead atoms. The highest BCUT2D eigenvalue weighted by Crippen LogP contribution is 2.19. The van der Waals surface area contributed by atoms with E-state index in [1.807, 2.05) is 4.72 Å². The number of amides is 1. The Balaban J connectivity index is 1.92. The summed E-state index contributed by atoms with van der Waals surface area (Å²) in [7, 11) is -4.14. The molecule has 1 N–H and O–H groups in total. The fraction of sp³-hybridized carbons (Fsp3) is 0.125. The van der Waals surface area contributed by atoms with Crippen molar-refractivity contribution in [2.45, 2.75) is 18.7 Å². The highest BCUT2D eigenvalue weighted by molar-refractivity contribution is 7.90. The zero-order chi connectivity index (χ0) is 18.2. The van der Waals surface area contributed by atoms with Gasteiger partial charge in [0.1, 0.15) is 4.90 Å². The molecule has 0 saturated carbocycles. The van der Waals surface area contributed by atoms with Crippen LogP contribution in [-0.4, -0.2) is 30.2 Å². The van der Waals surface area contributed by atoms with Crippen molar-refractivity contribution in [1.82, 2.24) is 14.9 Å². The maximum absolute atomic E-state index is 12.4.